The van der Waals surface area contributed by atoms with Crippen molar-refractivity contribution in [2.75, 3.05) is 13.6 Å². The number of hydrogen-bond acceptors (Lipinski definition) is 4. The van der Waals surface area contributed by atoms with Crippen LogP contribution in [0.25, 0.3) is 0 Å². The zero-order chi connectivity index (χ0) is 15.1. The zero-order valence-corrected chi connectivity index (χ0v) is 11.7. The number of nitrogens with one attached hydrogen (secondary N) is 1. The Balaban J connectivity index is 2.71. The van der Waals surface area contributed by atoms with Gasteiger partial charge < -0.3 is 4.90 Å². The summed E-state index contributed by atoms with van der Waals surface area (Å²) in [6.45, 7) is 2.40. The lowest BCUT2D eigenvalue weighted by Crippen LogP contribution is -2.34. The van der Waals surface area contributed by atoms with E-state index >= 15 is 0 Å². The number of H-pyrrole nitrogens is 1. The number of aromatic amines is 1. The molecule has 0 radical (unpaired) electrons. The van der Waals surface area contributed by atoms with Crippen molar-refractivity contribution in [3.8, 4) is 6.07 Å². The maximum atomic E-state index is 11.8. The minimum atomic E-state index is -0.514. The van der Waals surface area contributed by atoms with Crippen LogP contribution in [0.15, 0.2) is 15.8 Å². The molecule has 0 unspecified atom stereocenters. The van der Waals surface area contributed by atoms with E-state index < -0.39 is 5.69 Å². The summed E-state index contributed by atoms with van der Waals surface area (Å²) in [6.07, 6.45) is 2.44. The summed E-state index contributed by atoms with van der Waals surface area (Å²) in [6, 6.07) is 1.97. The summed E-state index contributed by atoms with van der Waals surface area (Å²) in [5.41, 5.74) is -0.388. The van der Waals surface area contributed by atoms with E-state index in [0.29, 0.717) is 18.5 Å². The number of nitriles is 1. The van der Waals surface area contributed by atoms with E-state index in [9.17, 15) is 14.4 Å². The Labute approximate surface area is 116 Å². The van der Waals surface area contributed by atoms with E-state index in [2.05, 4.69) is 4.98 Å². The monoisotopic (exact) mass is 278 g/mol. The topological polar surface area (TPSA) is 99.0 Å². The van der Waals surface area contributed by atoms with Gasteiger partial charge in [-0.05, 0) is 6.42 Å². The molecule has 108 valence electrons. The minimum Gasteiger partial charge on any atom is -0.345 e. The van der Waals surface area contributed by atoms with E-state index in [1.807, 2.05) is 13.0 Å². The fourth-order valence-electron chi connectivity index (χ4n) is 1.72. The maximum absolute atomic E-state index is 11.8. The van der Waals surface area contributed by atoms with Crippen LogP contribution in [0.4, 0.5) is 0 Å². The third-order valence-electron chi connectivity index (χ3n) is 3.02. The maximum Gasteiger partial charge on any atom is 0.328 e. The van der Waals surface area contributed by atoms with Crippen LogP contribution in [0.1, 0.15) is 25.3 Å². The van der Waals surface area contributed by atoms with Gasteiger partial charge in [-0.1, -0.05) is 6.92 Å². The normalized spacial score (nSPS) is 10.1. The second-order valence-corrected chi connectivity index (χ2v) is 4.43. The molecule has 0 aromatic carbocycles. The number of nitrogens with zero attached hydrogens (tertiary/aromatic N) is 3. The van der Waals surface area contributed by atoms with Crippen LogP contribution in [0, 0.1) is 11.3 Å². The van der Waals surface area contributed by atoms with Crippen molar-refractivity contribution in [1.29, 1.82) is 5.26 Å². The van der Waals surface area contributed by atoms with Crippen molar-refractivity contribution in [2.45, 2.75) is 32.7 Å². The number of aryl methyl sites for hydroxylation is 2. The number of hydrogen-bond donors (Lipinski definition) is 1. The molecule has 0 aliphatic rings. The molecule has 0 fully saturated rings. The Kier molecular flexibility index (Phi) is 5.72. The molecular formula is C13H18N4O3. The van der Waals surface area contributed by atoms with Crippen LogP contribution in [-0.4, -0.2) is 34.0 Å². The summed E-state index contributed by atoms with van der Waals surface area (Å²) in [4.78, 5) is 38.5. The average molecular weight is 278 g/mol. The Hall–Kier alpha value is -2.36. The second-order valence-electron chi connectivity index (χ2n) is 4.43. The Bertz CT molecular complexity index is 624. The molecule has 0 aliphatic carbocycles. The van der Waals surface area contributed by atoms with E-state index in [1.54, 1.807) is 7.05 Å². The Morgan fingerprint density at radius 2 is 2.20 bits per heavy atom. The molecule has 1 heterocycles. The number of aromatic nitrogens is 2. The molecule has 1 rings (SSSR count). The van der Waals surface area contributed by atoms with E-state index in [1.165, 1.54) is 15.7 Å². The first kappa shape index (κ1) is 15.7. The van der Waals surface area contributed by atoms with Crippen molar-refractivity contribution in [3.05, 3.63) is 32.6 Å². The van der Waals surface area contributed by atoms with Crippen molar-refractivity contribution >= 4 is 5.91 Å². The Morgan fingerprint density at radius 3 is 2.80 bits per heavy atom. The molecule has 0 spiro atoms. The van der Waals surface area contributed by atoms with Crippen LogP contribution in [0.3, 0.4) is 0 Å². The van der Waals surface area contributed by atoms with Gasteiger partial charge in [0.15, 0.2) is 0 Å². The van der Waals surface area contributed by atoms with Gasteiger partial charge in [-0.15, -0.1) is 0 Å². The van der Waals surface area contributed by atoms with Gasteiger partial charge in [0.25, 0.3) is 5.56 Å². The lowest BCUT2D eigenvalue weighted by atomic mass is 10.2. The molecule has 0 bridgehead atoms. The van der Waals surface area contributed by atoms with Gasteiger partial charge in [-0.25, -0.2) is 4.79 Å². The fraction of sp³-hybridized carbons (Fsp3) is 0.538. The molecule has 20 heavy (non-hydrogen) atoms. The zero-order valence-electron chi connectivity index (χ0n) is 11.7. The van der Waals surface area contributed by atoms with E-state index in [-0.39, 0.29) is 30.9 Å². The summed E-state index contributed by atoms with van der Waals surface area (Å²) in [5.74, 6) is -0.142. The van der Waals surface area contributed by atoms with Crippen molar-refractivity contribution in [1.82, 2.24) is 14.5 Å². The third-order valence-corrected chi connectivity index (χ3v) is 3.02. The van der Waals surface area contributed by atoms with Crippen LogP contribution in [0.2, 0.25) is 0 Å². The largest absolute Gasteiger partial charge is 0.345 e. The number of amides is 1. The summed E-state index contributed by atoms with van der Waals surface area (Å²) in [5, 5.41) is 8.46. The number of carbonyl (C=O) groups is 1. The van der Waals surface area contributed by atoms with Crippen molar-refractivity contribution < 1.29 is 4.79 Å². The van der Waals surface area contributed by atoms with E-state index in [4.69, 9.17) is 5.26 Å². The summed E-state index contributed by atoms with van der Waals surface area (Å²) in [7, 11) is 1.62. The predicted molar refractivity (Wildman–Crippen MR) is 73.2 cm³/mol. The van der Waals surface area contributed by atoms with Crippen LogP contribution in [-0.2, 0) is 17.8 Å². The lowest BCUT2D eigenvalue weighted by molar-refractivity contribution is -0.130. The minimum absolute atomic E-state index is 0.142. The molecule has 1 N–H and O–H groups in total. The number of carbonyl (C=O) groups excluding carboxylic acids is 1. The molecule has 0 aliphatic heterocycles. The molecule has 1 aromatic rings. The van der Waals surface area contributed by atoms with Crippen LogP contribution in [0.5, 0.6) is 0 Å². The van der Waals surface area contributed by atoms with Crippen molar-refractivity contribution in [2.24, 2.45) is 0 Å². The van der Waals surface area contributed by atoms with Gasteiger partial charge in [0.1, 0.15) is 0 Å². The molecule has 1 amide bonds. The average Bonchev–Trinajstić information content (AvgIpc) is 2.43. The smallest absolute Gasteiger partial charge is 0.328 e. The van der Waals surface area contributed by atoms with Crippen molar-refractivity contribution in [3.63, 3.8) is 0 Å². The van der Waals surface area contributed by atoms with Gasteiger partial charge in [0, 0.05) is 38.3 Å². The number of rotatable bonds is 6. The molecule has 1 aromatic heterocycles. The fourth-order valence-corrected chi connectivity index (χ4v) is 1.72. The highest BCUT2D eigenvalue weighted by atomic mass is 16.2. The summed E-state index contributed by atoms with van der Waals surface area (Å²) >= 11 is 0. The third kappa shape index (κ3) is 4.09. The highest BCUT2D eigenvalue weighted by Gasteiger charge is 2.10. The second kappa shape index (κ2) is 7.28. The standard InChI is InChI=1S/C13H18N4O3/c1-3-10-9-17(13(20)15-12(10)19)8-5-11(18)16(2)7-4-6-14/h9H,3-5,7-8H2,1-2H3,(H,15,19,20). The molecule has 7 nitrogen and oxygen atoms in total. The van der Waals surface area contributed by atoms with Gasteiger partial charge in [0.05, 0.1) is 12.5 Å². The van der Waals surface area contributed by atoms with Gasteiger partial charge >= 0.3 is 5.69 Å². The predicted octanol–water partition coefficient (Wildman–Crippen LogP) is -0.139. The highest BCUT2D eigenvalue weighted by Crippen LogP contribution is 1.96. The summed E-state index contributed by atoms with van der Waals surface area (Å²) < 4.78 is 1.33. The Morgan fingerprint density at radius 1 is 1.50 bits per heavy atom. The molecular weight excluding hydrogens is 260 g/mol. The first-order valence-electron chi connectivity index (χ1n) is 6.43. The molecule has 0 atom stereocenters. The SMILES string of the molecule is CCc1cn(CCC(=O)N(C)CCC#N)c(=O)[nH]c1=O. The van der Waals surface area contributed by atoms with Gasteiger partial charge in [-0.2, -0.15) is 5.26 Å². The van der Waals surface area contributed by atoms with Crippen LogP contribution >= 0.6 is 0 Å². The molecule has 7 heteroatoms. The molecule has 0 saturated heterocycles. The lowest BCUT2D eigenvalue weighted by Gasteiger charge is -2.15. The first-order valence-corrected chi connectivity index (χ1v) is 6.43. The van der Waals surface area contributed by atoms with Crippen LogP contribution < -0.4 is 11.2 Å². The molecule has 0 saturated carbocycles. The van der Waals surface area contributed by atoms with E-state index in [0.717, 1.165) is 0 Å². The first-order chi connectivity index (χ1) is 9.49. The van der Waals surface area contributed by atoms with Gasteiger partial charge in [-0.3, -0.25) is 19.1 Å². The highest BCUT2D eigenvalue weighted by molar-refractivity contribution is 5.75. The quantitative estimate of drug-likeness (QED) is 0.783. The van der Waals surface area contributed by atoms with Gasteiger partial charge in [0.2, 0.25) is 5.91 Å².